The Hall–Kier alpha value is -2.36. The van der Waals surface area contributed by atoms with E-state index < -0.39 is 5.97 Å². The van der Waals surface area contributed by atoms with Gasteiger partial charge in [0.2, 0.25) is 0 Å². The van der Waals surface area contributed by atoms with E-state index in [9.17, 15) is 9.59 Å². The quantitative estimate of drug-likeness (QED) is 0.502. The molecule has 0 aliphatic heterocycles. The van der Waals surface area contributed by atoms with Crippen LogP contribution in [0, 0.1) is 0 Å². The minimum absolute atomic E-state index is 0.101. The van der Waals surface area contributed by atoms with E-state index in [-0.39, 0.29) is 11.6 Å². The summed E-state index contributed by atoms with van der Waals surface area (Å²) in [6.07, 6.45) is 4.89. The molecule has 1 aromatic carbocycles. The minimum Gasteiger partial charge on any atom is -0.464 e. The first kappa shape index (κ1) is 13.7. The second-order valence-corrected chi connectivity index (χ2v) is 3.42. The lowest BCUT2D eigenvalue weighted by Crippen LogP contribution is -2.28. The van der Waals surface area contributed by atoms with Crippen molar-refractivity contribution in [2.75, 3.05) is 7.11 Å². The molecule has 94 valence electrons. The van der Waals surface area contributed by atoms with Crippen LogP contribution in [0.1, 0.15) is 17.3 Å². The van der Waals surface area contributed by atoms with E-state index in [1.807, 2.05) is 13.0 Å². The van der Waals surface area contributed by atoms with Crippen molar-refractivity contribution in [3.63, 3.8) is 0 Å². The Bertz CT molecular complexity index is 475. The lowest BCUT2D eigenvalue weighted by molar-refractivity contribution is -0.136. The molecule has 0 heterocycles. The number of ether oxygens (including phenoxy) is 1. The average Bonchev–Trinajstić information content (AvgIpc) is 2.43. The third-order valence-corrected chi connectivity index (χ3v) is 2.14. The first-order valence-electron chi connectivity index (χ1n) is 5.46. The van der Waals surface area contributed by atoms with Gasteiger partial charge in [-0.1, -0.05) is 30.4 Å². The van der Waals surface area contributed by atoms with E-state index in [0.29, 0.717) is 5.56 Å². The third kappa shape index (κ3) is 3.90. The summed E-state index contributed by atoms with van der Waals surface area (Å²) in [4.78, 5) is 23.3. The SMILES string of the molecule is CC=CC=C(NC(=O)c1ccccc1)C(=O)OC. The molecule has 0 bridgehead atoms. The zero-order valence-corrected chi connectivity index (χ0v) is 10.3. The summed E-state index contributed by atoms with van der Waals surface area (Å²) in [7, 11) is 1.26. The number of benzene rings is 1. The summed E-state index contributed by atoms with van der Waals surface area (Å²) in [5.41, 5.74) is 0.581. The number of amides is 1. The molecule has 0 saturated heterocycles. The topological polar surface area (TPSA) is 55.4 Å². The maximum atomic E-state index is 11.9. The van der Waals surface area contributed by atoms with Gasteiger partial charge in [-0.3, -0.25) is 4.79 Å². The summed E-state index contributed by atoms with van der Waals surface area (Å²) in [6, 6.07) is 8.65. The average molecular weight is 245 g/mol. The molecule has 4 nitrogen and oxygen atoms in total. The van der Waals surface area contributed by atoms with Crippen molar-refractivity contribution in [3.05, 3.63) is 59.8 Å². The van der Waals surface area contributed by atoms with Gasteiger partial charge in [0.15, 0.2) is 0 Å². The highest BCUT2D eigenvalue weighted by Gasteiger charge is 2.13. The highest BCUT2D eigenvalue weighted by molar-refractivity contribution is 6.01. The number of hydrogen-bond donors (Lipinski definition) is 1. The Morgan fingerprint density at radius 1 is 1.22 bits per heavy atom. The van der Waals surface area contributed by atoms with Gasteiger partial charge in [0.1, 0.15) is 5.70 Å². The molecule has 1 aromatic rings. The van der Waals surface area contributed by atoms with Crippen LogP contribution in [0.25, 0.3) is 0 Å². The maximum absolute atomic E-state index is 11.9. The number of carbonyl (C=O) groups excluding carboxylic acids is 2. The Labute approximate surface area is 106 Å². The molecule has 0 spiro atoms. The molecular formula is C14H15NO3. The molecule has 0 aromatic heterocycles. The second-order valence-electron chi connectivity index (χ2n) is 3.42. The molecule has 18 heavy (non-hydrogen) atoms. The van der Waals surface area contributed by atoms with E-state index in [4.69, 9.17) is 0 Å². The fourth-order valence-electron chi connectivity index (χ4n) is 1.25. The number of nitrogens with one attached hydrogen (secondary N) is 1. The van der Waals surface area contributed by atoms with Gasteiger partial charge in [-0.05, 0) is 25.1 Å². The van der Waals surface area contributed by atoms with Crippen LogP contribution in [-0.2, 0) is 9.53 Å². The van der Waals surface area contributed by atoms with Gasteiger partial charge >= 0.3 is 5.97 Å². The van der Waals surface area contributed by atoms with Crippen LogP contribution in [0.15, 0.2) is 54.3 Å². The highest BCUT2D eigenvalue weighted by Crippen LogP contribution is 2.01. The zero-order valence-electron chi connectivity index (χ0n) is 10.3. The summed E-state index contributed by atoms with van der Waals surface area (Å²) >= 11 is 0. The van der Waals surface area contributed by atoms with Crippen LogP contribution in [-0.4, -0.2) is 19.0 Å². The largest absolute Gasteiger partial charge is 0.464 e. The van der Waals surface area contributed by atoms with Gasteiger partial charge in [0.25, 0.3) is 5.91 Å². The van der Waals surface area contributed by atoms with E-state index >= 15 is 0 Å². The van der Waals surface area contributed by atoms with Crippen LogP contribution in [0.5, 0.6) is 0 Å². The van der Waals surface area contributed by atoms with Gasteiger partial charge in [-0.15, -0.1) is 0 Å². The maximum Gasteiger partial charge on any atom is 0.354 e. The smallest absolute Gasteiger partial charge is 0.354 e. The van der Waals surface area contributed by atoms with Crippen molar-refractivity contribution >= 4 is 11.9 Å². The Morgan fingerprint density at radius 2 is 1.89 bits per heavy atom. The van der Waals surface area contributed by atoms with Gasteiger partial charge in [0.05, 0.1) is 7.11 Å². The molecule has 0 saturated carbocycles. The minimum atomic E-state index is -0.586. The highest BCUT2D eigenvalue weighted by atomic mass is 16.5. The fourth-order valence-corrected chi connectivity index (χ4v) is 1.25. The zero-order chi connectivity index (χ0) is 13.4. The fraction of sp³-hybridized carbons (Fsp3) is 0.143. The first-order chi connectivity index (χ1) is 8.69. The molecule has 0 unspecified atom stereocenters. The second kappa shape index (κ2) is 7.06. The molecule has 0 aliphatic carbocycles. The third-order valence-electron chi connectivity index (χ3n) is 2.14. The monoisotopic (exact) mass is 245 g/mol. The Morgan fingerprint density at radius 3 is 2.44 bits per heavy atom. The van der Waals surface area contributed by atoms with Crippen molar-refractivity contribution in [2.45, 2.75) is 6.92 Å². The van der Waals surface area contributed by atoms with Gasteiger partial charge in [0, 0.05) is 5.56 Å². The molecule has 0 radical (unpaired) electrons. The molecule has 1 N–H and O–H groups in total. The molecule has 0 atom stereocenters. The van der Waals surface area contributed by atoms with Crippen LogP contribution in [0.4, 0.5) is 0 Å². The van der Waals surface area contributed by atoms with Crippen LogP contribution >= 0.6 is 0 Å². The molecular weight excluding hydrogens is 230 g/mol. The van der Waals surface area contributed by atoms with Crippen molar-refractivity contribution < 1.29 is 14.3 Å². The van der Waals surface area contributed by atoms with Crippen molar-refractivity contribution in [3.8, 4) is 0 Å². The van der Waals surface area contributed by atoms with E-state index in [0.717, 1.165) is 0 Å². The lowest BCUT2D eigenvalue weighted by atomic mass is 10.2. The number of esters is 1. The Balaban J connectivity index is 2.85. The molecule has 4 heteroatoms. The van der Waals surface area contributed by atoms with E-state index in [1.165, 1.54) is 13.2 Å². The summed E-state index contributed by atoms with van der Waals surface area (Å²) in [5, 5.41) is 2.52. The molecule has 0 aliphatic rings. The predicted octanol–water partition coefficient (Wildman–Crippen LogP) is 2.05. The summed E-state index contributed by atoms with van der Waals surface area (Å²) < 4.78 is 4.59. The number of methoxy groups -OCH3 is 1. The van der Waals surface area contributed by atoms with Crippen molar-refractivity contribution in [1.29, 1.82) is 0 Å². The van der Waals surface area contributed by atoms with Crippen molar-refractivity contribution in [1.82, 2.24) is 5.32 Å². The van der Waals surface area contributed by atoms with Gasteiger partial charge in [-0.25, -0.2) is 4.79 Å². The Kier molecular flexibility index (Phi) is 5.38. The number of rotatable bonds is 4. The molecule has 0 fully saturated rings. The lowest BCUT2D eigenvalue weighted by Gasteiger charge is -2.07. The van der Waals surface area contributed by atoms with Crippen LogP contribution in [0.3, 0.4) is 0 Å². The van der Waals surface area contributed by atoms with E-state index in [2.05, 4.69) is 10.1 Å². The number of hydrogen-bond acceptors (Lipinski definition) is 3. The first-order valence-corrected chi connectivity index (χ1v) is 5.46. The number of allylic oxidation sites excluding steroid dienone is 3. The van der Waals surface area contributed by atoms with Gasteiger partial charge in [-0.2, -0.15) is 0 Å². The molecule has 1 amide bonds. The standard InChI is InChI=1S/C14H15NO3/c1-3-4-10-12(14(17)18-2)15-13(16)11-8-6-5-7-9-11/h3-10H,1-2H3,(H,15,16). The summed E-state index contributed by atoms with van der Waals surface area (Å²) in [5.74, 6) is -0.936. The van der Waals surface area contributed by atoms with E-state index in [1.54, 1.807) is 36.4 Å². The van der Waals surface area contributed by atoms with Crippen LogP contribution < -0.4 is 5.32 Å². The molecule has 1 rings (SSSR count). The van der Waals surface area contributed by atoms with Gasteiger partial charge < -0.3 is 10.1 Å². The van der Waals surface area contributed by atoms with Crippen LogP contribution in [0.2, 0.25) is 0 Å². The number of carbonyl (C=O) groups is 2. The van der Waals surface area contributed by atoms with Crippen molar-refractivity contribution in [2.24, 2.45) is 0 Å². The predicted molar refractivity (Wildman–Crippen MR) is 68.8 cm³/mol. The summed E-state index contributed by atoms with van der Waals surface area (Å²) in [6.45, 7) is 1.81. The normalized spacial score (nSPS) is 11.3.